The van der Waals surface area contributed by atoms with Crippen molar-refractivity contribution in [1.29, 1.82) is 0 Å². The Labute approximate surface area is 165 Å². The predicted octanol–water partition coefficient (Wildman–Crippen LogP) is 2.78. The van der Waals surface area contributed by atoms with Crippen molar-refractivity contribution in [3.63, 3.8) is 0 Å². The van der Waals surface area contributed by atoms with Crippen LogP contribution in [0.5, 0.6) is 0 Å². The lowest BCUT2D eigenvalue weighted by molar-refractivity contribution is -0.128. The van der Waals surface area contributed by atoms with Gasteiger partial charge in [-0.2, -0.15) is 11.3 Å². The fraction of sp³-hybridized carbons (Fsp3) is 0.650. The molecular formula is C20H30N2O4S. The van der Waals surface area contributed by atoms with Crippen LogP contribution in [0.3, 0.4) is 0 Å². The third-order valence-corrected chi connectivity index (χ3v) is 6.24. The zero-order valence-electron chi connectivity index (χ0n) is 16.7. The molecule has 1 saturated heterocycles. The molecule has 1 fully saturated rings. The Morgan fingerprint density at radius 1 is 1.37 bits per heavy atom. The van der Waals surface area contributed by atoms with Crippen LogP contribution in [0, 0.1) is 11.3 Å². The minimum atomic E-state index is -0.722. The summed E-state index contributed by atoms with van der Waals surface area (Å²) in [5.74, 6) is -0.418. The van der Waals surface area contributed by atoms with Crippen LogP contribution < -0.4 is 10.6 Å². The quantitative estimate of drug-likeness (QED) is 0.710. The van der Waals surface area contributed by atoms with E-state index in [0.29, 0.717) is 24.3 Å². The molecule has 6 nitrogen and oxygen atoms in total. The molecule has 2 rings (SSSR count). The summed E-state index contributed by atoms with van der Waals surface area (Å²) in [7, 11) is 0. The number of amides is 2. The number of ether oxygens (including phenoxy) is 1. The molecule has 2 amide bonds. The smallest absolute Gasteiger partial charge is 0.252 e. The molecule has 2 N–H and O–H groups in total. The average molecular weight is 395 g/mol. The van der Waals surface area contributed by atoms with Crippen LogP contribution in [0.1, 0.15) is 57.8 Å². The highest BCUT2D eigenvalue weighted by Gasteiger charge is 2.38. The molecule has 0 saturated carbocycles. The van der Waals surface area contributed by atoms with Crippen LogP contribution in [0.25, 0.3) is 0 Å². The number of rotatable bonds is 8. The van der Waals surface area contributed by atoms with E-state index >= 15 is 0 Å². The van der Waals surface area contributed by atoms with Crippen molar-refractivity contribution in [2.45, 2.75) is 65.6 Å². The Balaban J connectivity index is 2.16. The summed E-state index contributed by atoms with van der Waals surface area (Å²) in [4.78, 5) is 37.6. The molecule has 3 atom stereocenters. The van der Waals surface area contributed by atoms with E-state index in [1.807, 2.05) is 12.3 Å². The first-order chi connectivity index (χ1) is 12.7. The largest absolute Gasteiger partial charge is 0.368 e. The molecule has 0 aromatic carbocycles. The Morgan fingerprint density at radius 2 is 2.07 bits per heavy atom. The van der Waals surface area contributed by atoms with Gasteiger partial charge < -0.3 is 15.4 Å². The highest BCUT2D eigenvalue weighted by molar-refractivity contribution is 7.08. The SMILES string of the molecule is CCC1OCC(=O)C1NC(=O)[C@H](CC(C)(C)C(C)C)NC(=O)c1ccsc1. The Hall–Kier alpha value is -1.73. The van der Waals surface area contributed by atoms with Gasteiger partial charge in [0.2, 0.25) is 5.91 Å². The van der Waals surface area contributed by atoms with Crippen molar-refractivity contribution in [2.24, 2.45) is 11.3 Å². The second-order valence-electron chi connectivity index (χ2n) is 8.10. The third-order valence-electron chi connectivity index (χ3n) is 5.56. The second kappa shape index (κ2) is 8.97. The summed E-state index contributed by atoms with van der Waals surface area (Å²) < 4.78 is 5.44. The van der Waals surface area contributed by atoms with E-state index < -0.39 is 12.1 Å². The van der Waals surface area contributed by atoms with Crippen LogP contribution in [0.2, 0.25) is 0 Å². The van der Waals surface area contributed by atoms with Gasteiger partial charge >= 0.3 is 0 Å². The number of carbonyl (C=O) groups excluding carboxylic acids is 3. The van der Waals surface area contributed by atoms with E-state index in [-0.39, 0.29) is 35.7 Å². The maximum absolute atomic E-state index is 13.0. The molecule has 0 aliphatic carbocycles. The first-order valence-electron chi connectivity index (χ1n) is 9.43. The molecule has 2 unspecified atom stereocenters. The van der Waals surface area contributed by atoms with Gasteiger partial charge in [0.1, 0.15) is 18.7 Å². The Bertz CT molecular complexity index is 670. The first kappa shape index (κ1) is 21.6. The minimum absolute atomic E-state index is 0.0207. The van der Waals surface area contributed by atoms with Gasteiger partial charge in [-0.05, 0) is 35.6 Å². The summed E-state index contributed by atoms with van der Waals surface area (Å²) in [6.45, 7) is 10.3. The van der Waals surface area contributed by atoms with Crippen LogP contribution in [0.15, 0.2) is 16.8 Å². The number of thiophene rings is 1. The number of nitrogens with one attached hydrogen (secondary N) is 2. The predicted molar refractivity (Wildman–Crippen MR) is 106 cm³/mol. The molecule has 1 aliphatic rings. The van der Waals surface area contributed by atoms with Crippen molar-refractivity contribution in [3.8, 4) is 0 Å². The molecule has 2 heterocycles. The van der Waals surface area contributed by atoms with Crippen molar-refractivity contribution >= 4 is 28.9 Å². The summed E-state index contributed by atoms with van der Waals surface area (Å²) in [6.07, 6.45) is 0.804. The lowest BCUT2D eigenvalue weighted by Gasteiger charge is -2.33. The van der Waals surface area contributed by atoms with Gasteiger partial charge in [0.25, 0.3) is 5.91 Å². The van der Waals surface area contributed by atoms with E-state index in [1.54, 1.807) is 11.4 Å². The molecule has 1 aliphatic heterocycles. The first-order valence-corrected chi connectivity index (χ1v) is 10.4. The zero-order chi connectivity index (χ0) is 20.2. The number of Topliss-reactive ketones (excluding diaryl/α,β-unsaturated/α-hetero) is 1. The van der Waals surface area contributed by atoms with E-state index in [9.17, 15) is 14.4 Å². The van der Waals surface area contributed by atoms with E-state index in [0.717, 1.165) is 0 Å². The maximum Gasteiger partial charge on any atom is 0.252 e. The Kier molecular flexibility index (Phi) is 7.17. The maximum atomic E-state index is 13.0. The monoisotopic (exact) mass is 394 g/mol. The van der Waals surface area contributed by atoms with Crippen molar-refractivity contribution in [3.05, 3.63) is 22.4 Å². The molecule has 1 aromatic heterocycles. The van der Waals surface area contributed by atoms with Crippen molar-refractivity contribution in [2.75, 3.05) is 6.61 Å². The van der Waals surface area contributed by atoms with Gasteiger partial charge in [0, 0.05) is 5.38 Å². The van der Waals surface area contributed by atoms with E-state index in [4.69, 9.17) is 4.74 Å². The average Bonchev–Trinajstić information content (AvgIpc) is 3.24. The molecule has 150 valence electrons. The Morgan fingerprint density at radius 3 is 2.63 bits per heavy atom. The number of hydrogen-bond donors (Lipinski definition) is 2. The van der Waals surface area contributed by atoms with E-state index in [1.165, 1.54) is 11.3 Å². The molecule has 0 bridgehead atoms. The summed E-state index contributed by atoms with van der Waals surface area (Å²) >= 11 is 1.43. The lowest BCUT2D eigenvalue weighted by Crippen LogP contribution is -2.54. The topological polar surface area (TPSA) is 84.5 Å². The normalized spacial score (nSPS) is 21.3. The van der Waals surface area contributed by atoms with Crippen LogP contribution in [-0.2, 0) is 14.3 Å². The highest BCUT2D eigenvalue weighted by Crippen LogP contribution is 2.31. The highest BCUT2D eigenvalue weighted by atomic mass is 32.1. The molecule has 27 heavy (non-hydrogen) atoms. The van der Waals surface area contributed by atoms with Gasteiger partial charge in [-0.3, -0.25) is 14.4 Å². The van der Waals surface area contributed by atoms with Gasteiger partial charge in [0.05, 0.1) is 11.7 Å². The van der Waals surface area contributed by atoms with Crippen molar-refractivity contribution in [1.82, 2.24) is 10.6 Å². The summed E-state index contributed by atoms with van der Waals surface area (Å²) in [6, 6.07) is 0.357. The summed E-state index contributed by atoms with van der Waals surface area (Å²) in [5.41, 5.74) is 0.372. The lowest BCUT2D eigenvalue weighted by atomic mass is 9.76. The van der Waals surface area contributed by atoms with Gasteiger partial charge in [-0.1, -0.05) is 34.6 Å². The summed E-state index contributed by atoms with van der Waals surface area (Å²) in [5, 5.41) is 9.24. The van der Waals surface area contributed by atoms with Crippen LogP contribution >= 0.6 is 11.3 Å². The third kappa shape index (κ3) is 5.39. The van der Waals surface area contributed by atoms with E-state index in [2.05, 4.69) is 38.3 Å². The molecule has 1 aromatic rings. The molecular weight excluding hydrogens is 364 g/mol. The molecule has 0 spiro atoms. The van der Waals surface area contributed by atoms with Crippen LogP contribution in [0.4, 0.5) is 0 Å². The fourth-order valence-electron chi connectivity index (χ4n) is 2.97. The van der Waals surface area contributed by atoms with Gasteiger partial charge in [-0.25, -0.2) is 0 Å². The fourth-order valence-corrected chi connectivity index (χ4v) is 3.61. The van der Waals surface area contributed by atoms with Gasteiger partial charge in [0.15, 0.2) is 5.78 Å². The van der Waals surface area contributed by atoms with Gasteiger partial charge in [-0.15, -0.1) is 0 Å². The molecule has 7 heteroatoms. The molecule has 0 radical (unpaired) electrons. The number of hydrogen-bond acceptors (Lipinski definition) is 5. The second-order valence-corrected chi connectivity index (χ2v) is 8.88. The minimum Gasteiger partial charge on any atom is -0.368 e. The van der Waals surface area contributed by atoms with Crippen molar-refractivity contribution < 1.29 is 19.1 Å². The number of ketones is 1. The zero-order valence-corrected chi connectivity index (χ0v) is 17.5. The number of carbonyl (C=O) groups is 3. The van der Waals surface area contributed by atoms with Crippen LogP contribution in [-0.4, -0.2) is 42.4 Å². The standard InChI is InChI=1S/C20H30N2O4S/c1-6-16-17(15(23)10-26-16)22-19(25)14(9-20(4,5)12(2)3)21-18(24)13-7-8-27-11-13/h7-8,11-12,14,16-17H,6,9-10H2,1-5H3,(H,21,24)(H,22,25)/t14-,16?,17?/m0/s1.